The standard InChI is InChI=1S/C22H22FNO4/c1-14-7-16(9-17(23)8-14)21-11-22(12-21,13-21)18(19(25)26)24-20(27)28-10-15-5-3-2-4-6-15/h2-9,18H,10-13H2,1H3,(H,24,27)(H,25,26). The molecule has 2 aromatic rings. The smallest absolute Gasteiger partial charge is 0.408 e. The van der Waals surface area contributed by atoms with Crippen LogP contribution in [0.1, 0.15) is 36.0 Å². The summed E-state index contributed by atoms with van der Waals surface area (Å²) >= 11 is 0. The van der Waals surface area contributed by atoms with Crippen molar-refractivity contribution in [2.75, 3.05) is 0 Å². The molecule has 28 heavy (non-hydrogen) atoms. The molecule has 2 aromatic carbocycles. The van der Waals surface area contributed by atoms with Gasteiger partial charge in [0.1, 0.15) is 18.5 Å². The molecule has 0 aliphatic heterocycles. The summed E-state index contributed by atoms with van der Waals surface area (Å²) in [5.74, 6) is -1.34. The third-order valence-corrected chi connectivity index (χ3v) is 6.06. The summed E-state index contributed by atoms with van der Waals surface area (Å²) < 4.78 is 18.9. The number of aliphatic carboxylic acids is 1. The van der Waals surface area contributed by atoms with Crippen LogP contribution in [0.15, 0.2) is 48.5 Å². The highest BCUT2D eigenvalue weighted by Crippen LogP contribution is 2.75. The normalized spacial score (nSPS) is 25.8. The highest BCUT2D eigenvalue weighted by molar-refractivity contribution is 5.82. The fourth-order valence-electron chi connectivity index (χ4n) is 4.88. The maximum absolute atomic E-state index is 13.7. The fourth-order valence-corrected chi connectivity index (χ4v) is 4.88. The van der Waals surface area contributed by atoms with Crippen molar-refractivity contribution in [2.45, 2.75) is 44.2 Å². The second-order valence-corrected chi connectivity index (χ2v) is 8.17. The lowest BCUT2D eigenvalue weighted by atomic mass is 9.31. The van der Waals surface area contributed by atoms with Crippen molar-refractivity contribution in [1.29, 1.82) is 0 Å². The van der Waals surface area contributed by atoms with E-state index in [9.17, 15) is 19.1 Å². The maximum Gasteiger partial charge on any atom is 0.408 e. The second-order valence-electron chi connectivity index (χ2n) is 8.17. The summed E-state index contributed by atoms with van der Waals surface area (Å²) in [7, 11) is 0. The van der Waals surface area contributed by atoms with E-state index >= 15 is 0 Å². The van der Waals surface area contributed by atoms with Crippen LogP contribution in [0.3, 0.4) is 0 Å². The first kappa shape index (κ1) is 18.5. The van der Waals surface area contributed by atoms with E-state index in [0.29, 0.717) is 19.3 Å². The zero-order valence-corrected chi connectivity index (χ0v) is 15.6. The molecule has 1 amide bonds. The van der Waals surface area contributed by atoms with Gasteiger partial charge in [-0.2, -0.15) is 0 Å². The van der Waals surface area contributed by atoms with Gasteiger partial charge in [-0.05, 0) is 60.4 Å². The van der Waals surface area contributed by atoms with Crippen LogP contribution < -0.4 is 5.32 Å². The van der Waals surface area contributed by atoms with Crippen LogP contribution in [-0.2, 0) is 21.6 Å². The van der Waals surface area contributed by atoms with Gasteiger partial charge < -0.3 is 15.2 Å². The first-order chi connectivity index (χ1) is 13.3. The van der Waals surface area contributed by atoms with Gasteiger partial charge in [-0.1, -0.05) is 36.4 Å². The number of ether oxygens (including phenoxy) is 1. The Morgan fingerprint density at radius 2 is 1.86 bits per heavy atom. The quantitative estimate of drug-likeness (QED) is 0.792. The van der Waals surface area contributed by atoms with E-state index in [1.807, 2.05) is 43.3 Å². The average Bonchev–Trinajstić information content (AvgIpc) is 2.57. The predicted octanol–water partition coefficient (Wildman–Crippen LogP) is 3.94. The van der Waals surface area contributed by atoms with Crippen LogP contribution >= 0.6 is 0 Å². The number of hydrogen-bond acceptors (Lipinski definition) is 3. The monoisotopic (exact) mass is 383 g/mol. The molecule has 5 rings (SSSR count). The summed E-state index contributed by atoms with van der Waals surface area (Å²) in [6.07, 6.45) is 1.13. The number of amides is 1. The third kappa shape index (κ3) is 3.13. The number of rotatable bonds is 6. The van der Waals surface area contributed by atoms with Crippen molar-refractivity contribution in [3.05, 3.63) is 71.0 Å². The molecule has 1 atom stereocenters. The summed E-state index contributed by atoms with van der Waals surface area (Å²) in [4.78, 5) is 23.9. The molecule has 3 aliphatic rings. The second kappa shape index (κ2) is 6.62. The number of carboxylic acids is 1. The van der Waals surface area contributed by atoms with Crippen molar-refractivity contribution >= 4 is 12.1 Å². The predicted molar refractivity (Wildman–Crippen MR) is 100 cm³/mol. The molecule has 5 nitrogen and oxygen atoms in total. The van der Waals surface area contributed by atoms with Gasteiger partial charge >= 0.3 is 12.1 Å². The minimum atomic E-state index is -1.07. The molecule has 2 N–H and O–H groups in total. The van der Waals surface area contributed by atoms with E-state index in [1.165, 1.54) is 12.1 Å². The fraction of sp³-hybridized carbons (Fsp3) is 0.364. The van der Waals surface area contributed by atoms with Gasteiger partial charge in [0.2, 0.25) is 0 Å². The third-order valence-electron chi connectivity index (χ3n) is 6.06. The summed E-state index contributed by atoms with van der Waals surface area (Å²) in [6.45, 7) is 1.93. The topological polar surface area (TPSA) is 75.6 Å². The van der Waals surface area contributed by atoms with E-state index in [4.69, 9.17) is 4.74 Å². The molecular weight excluding hydrogens is 361 g/mol. The van der Waals surface area contributed by atoms with Gasteiger partial charge in [0.25, 0.3) is 0 Å². The number of aryl methyl sites for hydroxylation is 1. The lowest BCUT2D eigenvalue weighted by Gasteiger charge is -2.72. The van der Waals surface area contributed by atoms with Crippen LogP contribution in [0.4, 0.5) is 9.18 Å². The van der Waals surface area contributed by atoms with Gasteiger partial charge in [0.15, 0.2) is 0 Å². The Balaban J connectivity index is 1.39. The van der Waals surface area contributed by atoms with E-state index < -0.39 is 23.5 Å². The van der Waals surface area contributed by atoms with Crippen LogP contribution in [-0.4, -0.2) is 23.2 Å². The Morgan fingerprint density at radius 1 is 1.18 bits per heavy atom. The molecule has 0 heterocycles. The minimum absolute atomic E-state index is 0.0819. The number of nitrogens with one attached hydrogen (secondary N) is 1. The first-order valence-corrected chi connectivity index (χ1v) is 9.30. The Labute approximate surface area is 162 Å². The minimum Gasteiger partial charge on any atom is -0.480 e. The number of alkyl carbamates (subject to hydrolysis) is 1. The molecule has 6 heteroatoms. The number of halogens is 1. The zero-order chi connectivity index (χ0) is 19.9. The van der Waals surface area contributed by atoms with Gasteiger partial charge in [-0.3, -0.25) is 0 Å². The van der Waals surface area contributed by atoms with Crippen LogP contribution in [0.2, 0.25) is 0 Å². The van der Waals surface area contributed by atoms with Crippen molar-refractivity contribution in [3.63, 3.8) is 0 Å². The average molecular weight is 383 g/mol. The largest absolute Gasteiger partial charge is 0.480 e. The van der Waals surface area contributed by atoms with E-state index in [1.54, 1.807) is 0 Å². The summed E-state index contributed by atoms with van der Waals surface area (Å²) in [5.41, 5.74) is 1.94. The lowest BCUT2D eigenvalue weighted by molar-refractivity contribution is -0.183. The highest BCUT2D eigenvalue weighted by Gasteiger charge is 2.72. The van der Waals surface area contributed by atoms with Gasteiger partial charge in [0.05, 0.1) is 0 Å². The maximum atomic E-state index is 13.7. The molecule has 146 valence electrons. The molecule has 3 fully saturated rings. The summed E-state index contributed by atoms with van der Waals surface area (Å²) in [5, 5.41) is 12.2. The molecular formula is C22H22FNO4. The Hall–Kier alpha value is -2.89. The van der Waals surface area contributed by atoms with Crippen molar-refractivity contribution in [3.8, 4) is 0 Å². The number of carboxylic acid groups (broad SMARTS) is 1. The van der Waals surface area contributed by atoms with Crippen molar-refractivity contribution in [2.24, 2.45) is 5.41 Å². The van der Waals surface area contributed by atoms with E-state index in [0.717, 1.165) is 16.7 Å². The molecule has 0 aromatic heterocycles. The van der Waals surface area contributed by atoms with E-state index in [2.05, 4.69) is 5.32 Å². The van der Waals surface area contributed by atoms with Gasteiger partial charge in [-0.25, -0.2) is 14.0 Å². The SMILES string of the molecule is Cc1cc(F)cc(C23CC(C(NC(=O)OCc4ccccc4)C(=O)O)(C2)C3)c1. The van der Waals surface area contributed by atoms with Gasteiger partial charge in [-0.15, -0.1) is 0 Å². The zero-order valence-electron chi connectivity index (χ0n) is 15.6. The highest BCUT2D eigenvalue weighted by atomic mass is 19.1. The van der Waals surface area contributed by atoms with Gasteiger partial charge in [0, 0.05) is 5.41 Å². The molecule has 0 spiro atoms. The Morgan fingerprint density at radius 3 is 2.46 bits per heavy atom. The number of carbonyl (C=O) groups is 2. The molecule has 0 saturated heterocycles. The molecule has 2 bridgehead atoms. The van der Waals surface area contributed by atoms with Crippen LogP contribution in [0.5, 0.6) is 0 Å². The molecule has 3 saturated carbocycles. The Kier molecular flexibility index (Phi) is 4.37. The van der Waals surface area contributed by atoms with Crippen LogP contribution in [0.25, 0.3) is 0 Å². The molecule has 0 radical (unpaired) electrons. The molecule has 3 aliphatic carbocycles. The van der Waals surface area contributed by atoms with E-state index in [-0.39, 0.29) is 17.8 Å². The number of hydrogen-bond donors (Lipinski definition) is 2. The number of benzene rings is 2. The number of carbonyl (C=O) groups excluding carboxylic acids is 1. The lowest BCUT2D eigenvalue weighted by Crippen LogP contribution is -2.73. The molecule has 1 unspecified atom stereocenters. The van der Waals surface area contributed by atoms with Crippen LogP contribution in [0, 0.1) is 18.2 Å². The van der Waals surface area contributed by atoms with Crippen molar-refractivity contribution in [1.82, 2.24) is 5.32 Å². The summed E-state index contributed by atoms with van der Waals surface area (Å²) in [6, 6.07) is 13.2. The first-order valence-electron chi connectivity index (χ1n) is 9.30. The van der Waals surface area contributed by atoms with Crippen molar-refractivity contribution < 1.29 is 23.8 Å². The Bertz CT molecular complexity index is 887.